The van der Waals surface area contributed by atoms with Crippen molar-refractivity contribution in [1.82, 2.24) is 10.2 Å². The van der Waals surface area contributed by atoms with Crippen LogP contribution in [-0.4, -0.2) is 58.4 Å². The summed E-state index contributed by atoms with van der Waals surface area (Å²) in [4.78, 5) is 13.0. The van der Waals surface area contributed by atoms with Crippen molar-refractivity contribution in [1.29, 1.82) is 0 Å². The quantitative estimate of drug-likeness (QED) is 0.653. The first-order valence-corrected chi connectivity index (χ1v) is 6.76. The molecule has 2 unspecified atom stereocenters. The molecule has 0 amide bonds. The van der Waals surface area contributed by atoms with Gasteiger partial charge in [-0.25, -0.2) is 4.79 Å². The molecule has 1 saturated heterocycles. The highest BCUT2D eigenvalue weighted by Crippen LogP contribution is 2.14. The third-order valence-electron chi connectivity index (χ3n) is 3.57. The molecule has 3 N–H and O–H groups in total. The summed E-state index contributed by atoms with van der Waals surface area (Å²) in [6.45, 7) is 7.41. The number of piperidine rings is 1. The molecule has 5 heteroatoms. The van der Waals surface area contributed by atoms with Crippen LogP contribution in [0.4, 0.5) is 0 Å². The van der Waals surface area contributed by atoms with Gasteiger partial charge < -0.3 is 15.5 Å². The molecule has 1 rings (SSSR count). The smallest absolute Gasteiger partial charge is 0.336 e. The van der Waals surface area contributed by atoms with Gasteiger partial charge in [-0.05, 0) is 40.2 Å². The van der Waals surface area contributed by atoms with E-state index in [0.717, 1.165) is 19.5 Å². The second-order valence-electron chi connectivity index (χ2n) is 5.75. The summed E-state index contributed by atoms with van der Waals surface area (Å²) in [5.74, 6) is -1.16. The molecule has 0 spiro atoms. The molecule has 0 aromatic carbocycles. The predicted octanol–water partition coefficient (Wildman–Crippen LogP) is 0.675. The molecule has 0 saturated carbocycles. The fourth-order valence-corrected chi connectivity index (χ4v) is 2.28. The summed E-state index contributed by atoms with van der Waals surface area (Å²) < 4.78 is 0. The van der Waals surface area contributed by atoms with Crippen LogP contribution in [0.3, 0.4) is 0 Å². The van der Waals surface area contributed by atoms with Gasteiger partial charge in [-0.3, -0.25) is 4.90 Å². The highest BCUT2D eigenvalue weighted by Gasteiger charge is 2.33. The number of hydrogen-bond acceptors (Lipinski definition) is 4. The van der Waals surface area contributed by atoms with Crippen molar-refractivity contribution in [2.24, 2.45) is 0 Å². The Morgan fingerprint density at radius 3 is 2.61 bits per heavy atom. The minimum absolute atomic E-state index is 0.165. The van der Waals surface area contributed by atoms with E-state index in [-0.39, 0.29) is 12.6 Å². The summed E-state index contributed by atoms with van der Waals surface area (Å²) >= 11 is 0. The van der Waals surface area contributed by atoms with Gasteiger partial charge in [-0.2, -0.15) is 0 Å². The minimum Gasteiger partial charge on any atom is -0.479 e. The topological polar surface area (TPSA) is 72.8 Å². The van der Waals surface area contributed by atoms with Crippen LogP contribution in [0.15, 0.2) is 0 Å². The van der Waals surface area contributed by atoms with E-state index in [1.165, 1.54) is 19.8 Å². The Balaban J connectivity index is 2.56. The molecule has 0 radical (unpaired) electrons. The molecule has 1 aliphatic rings. The van der Waals surface area contributed by atoms with E-state index < -0.39 is 11.6 Å². The Bertz CT molecular complexity index is 273. The summed E-state index contributed by atoms with van der Waals surface area (Å²) in [5, 5.41) is 22.3. The number of carboxylic acids is 1. The monoisotopic (exact) mass is 258 g/mol. The first kappa shape index (κ1) is 15.4. The van der Waals surface area contributed by atoms with E-state index >= 15 is 0 Å². The summed E-state index contributed by atoms with van der Waals surface area (Å²) in [6.07, 6.45) is 3.56. The van der Waals surface area contributed by atoms with E-state index in [9.17, 15) is 9.90 Å². The molecule has 0 aliphatic carbocycles. The number of carbonyl (C=O) groups is 1. The van der Waals surface area contributed by atoms with Crippen molar-refractivity contribution in [2.75, 3.05) is 19.6 Å². The number of nitrogens with one attached hydrogen (secondary N) is 1. The second kappa shape index (κ2) is 6.50. The molecule has 1 fully saturated rings. The Morgan fingerprint density at radius 1 is 1.50 bits per heavy atom. The SMILES string of the molecule is CC(C)N(CC1CCCCN1)CC(C)(O)C(=O)O. The fraction of sp³-hybridized carbons (Fsp3) is 0.923. The fourth-order valence-electron chi connectivity index (χ4n) is 2.28. The van der Waals surface area contributed by atoms with Gasteiger partial charge in [0.05, 0.1) is 0 Å². The normalized spacial score (nSPS) is 24.2. The zero-order valence-electron chi connectivity index (χ0n) is 11.6. The number of aliphatic hydroxyl groups is 1. The van der Waals surface area contributed by atoms with Crippen molar-refractivity contribution in [3.63, 3.8) is 0 Å². The zero-order chi connectivity index (χ0) is 13.8. The van der Waals surface area contributed by atoms with Gasteiger partial charge >= 0.3 is 5.97 Å². The Morgan fingerprint density at radius 2 is 2.17 bits per heavy atom. The lowest BCUT2D eigenvalue weighted by molar-refractivity contribution is -0.159. The van der Waals surface area contributed by atoms with Crippen LogP contribution in [-0.2, 0) is 4.79 Å². The molecule has 0 bridgehead atoms. The summed E-state index contributed by atoms with van der Waals surface area (Å²) in [5.41, 5.74) is -1.68. The van der Waals surface area contributed by atoms with E-state index in [1.54, 1.807) is 0 Å². The highest BCUT2D eigenvalue weighted by molar-refractivity contribution is 5.76. The van der Waals surface area contributed by atoms with Crippen LogP contribution >= 0.6 is 0 Å². The number of aliphatic carboxylic acids is 1. The van der Waals surface area contributed by atoms with Gasteiger partial charge in [0.15, 0.2) is 5.60 Å². The summed E-state index contributed by atoms with van der Waals surface area (Å²) in [6, 6.07) is 0.630. The third-order valence-corrected chi connectivity index (χ3v) is 3.57. The first-order chi connectivity index (χ1) is 8.33. The summed E-state index contributed by atoms with van der Waals surface area (Å²) in [7, 11) is 0. The van der Waals surface area contributed by atoms with Crippen LogP contribution in [0.1, 0.15) is 40.0 Å². The van der Waals surface area contributed by atoms with E-state index in [4.69, 9.17) is 5.11 Å². The largest absolute Gasteiger partial charge is 0.479 e. The lowest BCUT2D eigenvalue weighted by Gasteiger charge is -2.36. The Hall–Kier alpha value is -0.650. The van der Waals surface area contributed by atoms with Crippen LogP contribution in [0.25, 0.3) is 0 Å². The van der Waals surface area contributed by atoms with Crippen molar-refractivity contribution in [3.05, 3.63) is 0 Å². The van der Waals surface area contributed by atoms with Gasteiger partial charge in [0, 0.05) is 25.2 Å². The number of hydrogen-bond donors (Lipinski definition) is 3. The van der Waals surface area contributed by atoms with Crippen molar-refractivity contribution in [2.45, 2.75) is 57.7 Å². The number of rotatable bonds is 6. The molecule has 0 aromatic heterocycles. The minimum atomic E-state index is -1.68. The molecule has 106 valence electrons. The van der Waals surface area contributed by atoms with Gasteiger partial charge in [0.25, 0.3) is 0 Å². The molecule has 18 heavy (non-hydrogen) atoms. The first-order valence-electron chi connectivity index (χ1n) is 6.76. The highest BCUT2D eigenvalue weighted by atomic mass is 16.4. The van der Waals surface area contributed by atoms with Crippen molar-refractivity contribution >= 4 is 5.97 Å². The zero-order valence-corrected chi connectivity index (χ0v) is 11.6. The van der Waals surface area contributed by atoms with Gasteiger partial charge in [-0.15, -0.1) is 0 Å². The van der Waals surface area contributed by atoms with Crippen LogP contribution in [0.5, 0.6) is 0 Å². The van der Waals surface area contributed by atoms with E-state index in [0.29, 0.717) is 6.04 Å². The second-order valence-corrected chi connectivity index (χ2v) is 5.75. The van der Waals surface area contributed by atoms with Gasteiger partial charge in [0.1, 0.15) is 0 Å². The maximum absolute atomic E-state index is 11.0. The molecular formula is C13H26N2O3. The van der Waals surface area contributed by atoms with Crippen molar-refractivity contribution < 1.29 is 15.0 Å². The lowest BCUT2D eigenvalue weighted by Crippen LogP contribution is -2.53. The van der Waals surface area contributed by atoms with Gasteiger partial charge in [0.2, 0.25) is 0 Å². The Kier molecular flexibility index (Phi) is 5.56. The Labute approximate surface area is 109 Å². The van der Waals surface area contributed by atoms with E-state index in [1.807, 2.05) is 18.7 Å². The molecular weight excluding hydrogens is 232 g/mol. The predicted molar refractivity (Wildman–Crippen MR) is 70.6 cm³/mol. The molecule has 0 aromatic rings. The standard InChI is InChI=1S/C13H26N2O3/c1-10(2)15(9-13(3,18)12(16)17)8-11-6-4-5-7-14-11/h10-11,14,18H,4-9H2,1-3H3,(H,16,17). The van der Waals surface area contributed by atoms with Crippen LogP contribution in [0, 0.1) is 0 Å². The molecule has 5 nitrogen and oxygen atoms in total. The van der Waals surface area contributed by atoms with Crippen LogP contribution < -0.4 is 5.32 Å². The van der Waals surface area contributed by atoms with Gasteiger partial charge in [-0.1, -0.05) is 6.42 Å². The van der Waals surface area contributed by atoms with Crippen LogP contribution in [0.2, 0.25) is 0 Å². The third kappa shape index (κ3) is 4.55. The average Bonchev–Trinajstić information content (AvgIpc) is 2.29. The molecule has 1 heterocycles. The maximum Gasteiger partial charge on any atom is 0.336 e. The molecule has 2 atom stereocenters. The average molecular weight is 258 g/mol. The van der Waals surface area contributed by atoms with E-state index in [2.05, 4.69) is 5.32 Å². The number of nitrogens with zero attached hydrogens (tertiary/aromatic N) is 1. The molecule has 1 aliphatic heterocycles. The number of carboxylic acid groups (broad SMARTS) is 1. The lowest BCUT2D eigenvalue weighted by atomic mass is 10.0. The maximum atomic E-state index is 11.0. The van der Waals surface area contributed by atoms with Crippen molar-refractivity contribution in [3.8, 4) is 0 Å².